The number of carbonyl (C=O) groups excluding carboxylic acids is 1. The molecule has 1 unspecified atom stereocenters. The molecule has 4 nitrogen and oxygen atoms in total. The summed E-state index contributed by atoms with van der Waals surface area (Å²) in [5.74, 6) is 0.169. The maximum absolute atomic E-state index is 12.7. The largest absolute Gasteiger partial charge is 0.330 e. The van der Waals surface area contributed by atoms with Crippen LogP contribution in [0.1, 0.15) is 26.3 Å². The third kappa shape index (κ3) is 3.63. The van der Waals surface area contributed by atoms with Crippen LogP contribution in [0.15, 0.2) is 24.3 Å². The molecule has 21 heavy (non-hydrogen) atoms. The van der Waals surface area contributed by atoms with Gasteiger partial charge in [0.05, 0.1) is 6.54 Å². The van der Waals surface area contributed by atoms with E-state index < -0.39 is 0 Å². The van der Waals surface area contributed by atoms with Gasteiger partial charge >= 0.3 is 0 Å². The van der Waals surface area contributed by atoms with Crippen LogP contribution in [0.2, 0.25) is 0 Å². The molecule has 1 heterocycles. The van der Waals surface area contributed by atoms with Crippen molar-refractivity contribution in [2.45, 2.75) is 33.2 Å². The quantitative estimate of drug-likeness (QED) is 0.900. The minimum Gasteiger partial charge on any atom is -0.330 e. The van der Waals surface area contributed by atoms with Crippen molar-refractivity contribution in [1.29, 1.82) is 0 Å². The topological polar surface area (TPSA) is 49.6 Å². The molecule has 1 aliphatic rings. The van der Waals surface area contributed by atoms with Gasteiger partial charge in [0.1, 0.15) is 0 Å². The van der Waals surface area contributed by atoms with E-state index in [1.54, 1.807) is 0 Å². The highest BCUT2D eigenvalue weighted by Crippen LogP contribution is 2.31. The van der Waals surface area contributed by atoms with Gasteiger partial charge in [-0.2, -0.15) is 0 Å². The zero-order chi connectivity index (χ0) is 15.6. The van der Waals surface area contributed by atoms with Gasteiger partial charge in [-0.1, -0.05) is 32.0 Å². The molecule has 0 fully saturated rings. The summed E-state index contributed by atoms with van der Waals surface area (Å²) in [5, 5.41) is 0. The summed E-state index contributed by atoms with van der Waals surface area (Å²) in [6, 6.07) is 8.43. The van der Waals surface area contributed by atoms with Crippen molar-refractivity contribution in [3.05, 3.63) is 29.8 Å². The van der Waals surface area contributed by atoms with Gasteiger partial charge in [0, 0.05) is 18.3 Å². The Labute approximate surface area is 127 Å². The van der Waals surface area contributed by atoms with Gasteiger partial charge in [0.25, 0.3) is 0 Å². The maximum Gasteiger partial charge on any atom is 0.241 e. The molecule has 1 aromatic carbocycles. The number of benzene rings is 1. The molecular weight excluding hydrogens is 262 g/mol. The highest BCUT2D eigenvalue weighted by atomic mass is 16.2. The van der Waals surface area contributed by atoms with E-state index in [4.69, 9.17) is 5.73 Å². The van der Waals surface area contributed by atoms with Crippen LogP contribution >= 0.6 is 0 Å². The molecule has 116 valence electrons. The number of hydrogen-bond donors (Lipinski definition) is 1. The van der Waals surface area contributed by atoms with E-state index in [0.717, 1.165) is 18.7 Å². The molecule has 0 aliphatic carbocycles. The highest BCUT2D eigenvalue weighted by Gasteiger charge is 2.31. The predicted molar refractivity (Wildman–Crippen MR) is 87.4 cm³/mol. The lowest BCUT2D eigenvalue weighted by Gasteiger charge is -2.31. The molecule has 4 heteroatoms. The molecule has 1 atom stereocenters. The molecule has 0 radical (unpaired) electrons. The smallest absolute Gasteiger partial charge is 0.241 e. The number of nitrogens with zero attached hydrogens (tertiary/aromatic N) is 2. The Morgan fingerprint density at radius 1 is 1.43 bits per heavy atom. The van der Waals surface area contributed by atoms with Crippen LogP contribution in [0.3, 0.4) is 0 Å². The van der Waals surface area contributed by atoms with Gasteiger partial charge in [0.15, 0.2) is 0 Å². The van der Waals surface area contributed by atoms with Crippen LogP contribution in [0, 0.1) is 5.41 Å². The highest BCUT2D eigenvalue weighted by molar-refractivity contribution is 5.97. The lowest BCUT2D eigenvalue weighted by molar-refractivity contribution is -0.120. The van der Waals surface area contributed by atoms with Crippen molar-refractivity contribution in [2.24, 2.45) is 11.1 Å². The first-order chi connectivity index (χ1) is 9.84. The molecule has 1 amide bonds. The summed E-state index contributed by atoms with van der Waals surface area (Å²) in [5.41, 5.74) is 8.14. The number of hydrogen-bond acceptors (Lipinski definition) is 3. The van der Waals surface area contributed by atoms with E-state index in [1.165, 1.54) is 5.56 Å². The van der Waals surface area contributed by atoms with Crippen LogP contribution in [0.5, 0.6) is 0 Å². The summed E-state index contributed by atoms with van der Waals surface area (Å²) >= 11 is 0. The molecule has 0 saturated heterocycles. The van der Waals surface area contributed by atoms with Gasteiger partial charge in [-0.05, 0) is 44.0 Å². The van der Waals surface area contributed by atoms with Crippen LogP contribution in [-0.2, 0) is 11.2 Å². The first-order valence-electron chi connectivity index (χ1n) is 7.62. The number of para-hydroxylation sites is 1. The summed E-state index contributed by atoms with van der Waals surface area (Å²) < 4.78 is 0. The van der Waals surface area contributed by atoms with Crippen LogP contribution in [-0.4, -0.2) is 43.5 Å². The molecule has 0 spiro atoms. The first-order valence-corrected chi connectivity index (χ1v) is 7.62. The number of likely N-dealkylation sites (N-methyl/N-ethyl adjacent to an activating group) is 1. The minimum atomic E-state index is 0.0313. The van der Waals surface area contributed by atoms with Crippen molar-refractivity contribution in [2.75, 3.05) is 31.6 Å². The monoisotopic (exact) mass is 289 g/mol. The standard InChI is InChI=1S/C17H27N3O/c1-13-9-14-7-5-6-8-15(14)20(13)16(21)10-19(4)12-17(2,3)11-18/h5-8,13H,9-12,18H2,1-4H3. The second kappa shape index (κ2) is 6.16. The number of fused-ring (bicyclic) bond motifs is 1. The molecule has 0 saturated carbocycles. The average Bonchev–Trinajstić information content (AvgIpc) is 2.73. The molecule has 1 aromatic rings. The van der Waals surface area contributed by atoms with Crippen LogP contribution in [0.4, 0.5) is 5.69 Å². The molecule has 0 aromatic heterocycles. The number of rotatable bonds is 5. The normalized spacial score (nSPS) is 18.2. The second-order valence-corrected chi connectivity index (χ2v) is 6.99. The number of nitrogens with two attached hydrogens (primary N) is 1. The van der Waals surface area contributed by atoms with E-state index >= 15 is 0 Å². The fourth-order valence-corrected chi connectivity index (χ4v) is 3.10. The van der Waals surface area contributed by atoms with Crippen molar-refractivity contribution in [1.82, 2.24) is 4.90 Å². The molecular formula is C17H27N3O. The zero-order valence-corrected chi connectivity index (χ0v) is 13.6. The third-order valence-corrected chi connectivity index (χ3v) is 4.13. The van der Waals surface area contributed by atoms with Crippen LogP contribution < -0.4 is 10.6 Å². The van der Waals surface area contributed by atoms with Crippen LogP contribution in [0.25, 0.3) is 0 Å². The van der Waals surface area contributed by atoms with Crippen molar-refractivity contribution < 1.29 is 4.79 Å². The second-order valence-electron chi connectivity index (χ2n) is 6.99. The summed E-state index contributed by atoms with van der Waals surface area (Å²) in [6.45, 7) is 8.24. The third-order valence-electron chi connectivity index (χ3n) is 4.13. The molecule has 2 N–H and O–H groups in total. The molecule has 0 bridgehead atoms. The maximum atomic E-state index is 12.7. The Morgan fingerprint density at radius 3 is 2.76 bits per heavy atom. The summed E-state index contributed by atoms with van der Waals surface area (Å²) in [4.78, 5) is 16.7. The first kappa shape index (κ1) is 16.0. The van der Waals surface area contributed by atoms with Crippen molar-refractivity contribution in [3.63, 3.8) is 0 Å². The average molecular weight is 289 g/mol. The van der Waals surface area contributed by atoms with E-state index in [1.807, 2.05) is 30.1 Å². The molecule has 2 rings (SSSR count). The fourth-order valence-electron chi connectivity index (χ4n) is 3.10. The van der Waals surface area contributed by atoms with Gasteiger partial charge < -0.3 is 10.6 Å². The zero-order valence-electron chi connectivity index (χ0n) is 13.6. The number of amides is 1. The van der Waals surface area contributed by atoms with Gasteiger partial charge in [-0.25, -0.2) is 0 Å². The Hall–Kier alpha value is -1.39. The van der Waals surface area contributed by atoms with E-state index in [2.05, 4.69) is 31.7 Å². The number of carbonyl (C=O) groups is 1. The Morgan fingerprint density at radius 2 is 2.10 bits per heavy atom. The van der Waals surface area contributed by atoms with Crippen molar-refractivity contribution in [3.8, 4) is 0 Å². The minimum absolute atomic E-state index is 0.0313. The Kier molecular flexibility index (Phi) is 4.69. The van der Waals surface area contributed by atoms with Gasteiger partial charge in [0.2, 0.25) is 5.91 Å². The summed E-state index contributed by atoms with van der Waals surface area (Å²) in [7, 11) is 1.99. The van der Waals surface area contributed by atoms with E-state index in [0.29, 0.717) is 13.1 Å². The van der Waals surface area contributed by atoms with E-state index in [9.17, 15) is 4.79 Å². The Bertz CT molecular complexity index is 513. The molecule has 1 aliphatic heterocycles. The van der Waals surface area contributed by atoms with Gasteiger partial charge in [-0.15, -0.1) is 0 Å². The van der Waals surface area contributed by atoms with Gasteiger partial charge in [-0.3, -0.25) is 9.69 Å². The van der Waals surface area contributed by atoms with Crippen molar-refractivity contribution >= 4 is 11.6 Å². The fraction of sp³-hybridized carbons (Fsp3) is 0.588. The number of anilines is 1. The van der Waals surface area contributed by atoms with E-state index in [-0.39, 0.29) is 17.4 Å². The predicted octanol–water partition coefficient (Wildman–Crippen LogP) is 1.88. The lowest BCUT2D eigenvalue weighted by Crippen LogP contribution is -2.45. The summed E-state index contributed by atoms with van der Waals surface area (Å²) in [6.07, 6.45) is 0.944. The Balaban J connectivity index is 2.04. The lowest BCUT2D eigenvalue weighted by atomic mass is 9.93. The SMILES string of the molecule is CC1Cc2ccccc2N1C(=O)CN(C)CC(C)(C)CN.